The van der Waals surface area contributed by atoms with Crippen molar-refractivity contribution in [1.29, 1.82) is 0 Å². The van der Waals surface area contributed by atoms with Crippen molar-refractivity contribution in [2.75, 3.05) is 19.0 Å². The third-order valence-electron chi connectivity index (χ3n) is 4.52. The van der Waals surface area contributed by atoms with Crippen LogP contribution in [0.1, 0.15) is 17.5 Å². The summed E-state index contributed by atoms with van der Waals surface area (Å²) in [6.07, 6.45) is 0.596. The van der Waals surface area contributed by atoms with E-state index in [2.05, 4.69) is 5.32 Å². The maximum absolute atomic E-state index is 12.7. The molecular weight excluding hydrogens is 334 g/mol. The number of rotatable bonds is 6. The fourth-order valence-corrected chi connectivity index (χ4v) is 3.12. The molecule has 3 rings (SSSR count). The summed E-state index contributed by atoms with van der Waals surface area (Å²) in [5.74, 6) is 0.115. The van der Waals surface area contributed by atoms with Gasteiger partial charge in [-0.25, -0.2) is 0 Å². The smallest absolute Gasteiger partial charge is 0.333 e. The normalized spacial score (nSPS) is 16.6. The molecule has 1 aliphatic rings. The first kappa shape index (κ1) is 17.7. The topological polar surface area (TPSA) is 84.7 Å². The molecule has 1 saturated heterocycles. The van der Waals surface area contributed by atoms with E-state index in [1.165, 1.54) is 18.7 Å². The number of benzene rings is 2. The molecule has 1 N–H and O–H groups in total. The van der Waals surface area contributed by atoms with E-state index in [0.717, 1.165) is 5.56 Å². The number of methoxy groups -OCH3 is 1. The molecule has 0 bridgehead atoms. The van der Waals surface area contributed by atoms with Crippen LogP contribution in [-0.4, -0.2) is 35.4 Å². The molecule has 1 amide bonds. The third kappa shape index (κ3) is 3.61. The van der Waals surface area contributed by atoms with Gasteiger partial charge in [-0.05, 0) is 31.0 Å². The number of nitrogens with one attached hydrogen (secondary N) is 1. The Morgan fingerprint density at radius 3 is 2.65 bits per heavy atom. The van der Waals surface area contributed by atoms with Gasteiger partial charge in [0.25, 0.3) is 0 Å². The lowest BCUT2D eigenvalue weighted by Gasteiger charge is -2.18. The highest BCUT2D eigenvalue weighted by molar-refractivity contribution is 5.88. The Hall–Kier alpha value is -3.09. The lowest BCUT2D eigenvalue weighted by molar-refractivity contribution is -0.384. The van der Waals surface area contributed by atoms with Crippen molar-refractivity contribution in [1.82, 2.24) is 4.90 Å². The number of nitro benzene ring substituents is 1. The van der Waals surface area contributed by atoms with Gasteiger partial charge in [-0.2, -0.15) is 0 Å². The summed E-state index contributed by atoms with van der Waals surface area (Å²) in [7, 11) is 1.39. The van der Waals surface area contributed by atoms with E-state index in [0.29, 0.717) is 25.2 Å². The molecule has 2 aromatic rings. The van der Waals surface area contributed by atoms with Gasteiger partial charge >= 0.3 is 5.69 Å². The molecule has 2 aromatic carbocycles. The van der Waals surface area contributed by atoms with E-state index in [-0.39, 0.29) is 17.3 Å². The molecule has 7 heteroatoms. The first-order valence-electron chi connectivity index (χ1n) is 8.42. The van der Waals surface area contributed by atoms with Crippen LogP contribution in [0, 0.1) is 17.0 Å². The molecule has 1 heterocycles. The van der Waals surface area contributed by atoms with Crippen LogP contribution in [-0.2, 0) is 11.3 Å². The highest BCUT2D eigenvalue weighted by Gasteiger charge is 2.33. The van der Waals surface area contributed by atoms with Crippen LogP contribution in [0.25, 0.3) is 0 Å². The molecule has 26 heavy (non-hydrogen) atoms. The SMILES string of the molecule is COc1cccc(NC2CCN(Cc3ccc(C)cc3)C2=O)c1[N+](=O)[O-]. The van der Waals surface area contributed by atoms with Crippen LogP contribution in [0.2, 0.25) is 0 Å². The standard InChI is InChI=1S/C19H21N3O4/c1-13-6-8-14(9-7-13)12-21-11-10-16(19(21)23)20-15-4-3-5-17(26-2)18(15)22(24)25/h3-9,16,20H,10-12H2,1-2H3. The van der Waals surface area contributed by atoms with Crippen LogP contribution in [0.15, 0.2) is 42.5 Å². The maximum Gasteiger partial charge on any atom is 0.333 e. The zero-order valence-electron chi connectivity index (χ0n) is 14.8. The molecule has 0 radical (unpaired) electrons. The van der Waals surface area contributed by atoms with Crippen molar-refractivity contribution in [3.05, 3.63) is 63.7 Å². The quantitative estimate of drug-likeness (QED) is 0.636. The van der Waals surface area contributed by atoms with E-state index in [9.17, 15) is 14.9 Å². The van der Waals surface area contributed by atoms with Gasteiger partial charge in [-0.1, -0.05) is 35.9 Å². The number of para-hydroxylation sites is 1. The van der Waals surface area contributed by atoms with Crippen molar-refractivity contribution in [3.63, 3.8) is 0 Å². The number of nitrogens with zero attached hydrogens (tertiary/aromatic N) is 2. The predicted molar refractivity (Wildman–Crippen MR) is 98.3 cm³/mol. The predicted octanol–water partition coefficient (Wildman–Crippen LogP) is 3.12. The number of carbonyl (C=O) groups is 1. The van der Waals surface area contributed by atoms with E-state index >= 15 is 0 Å². The average molecular weight is 355 g/mol. The second kappa shape index (κ2) is 7.43. The summed E-state index contributed by atoms with van der Waals surface area (Å²) >= 11 is 0. The molecule has 0 aromatic heterocycles. The van der Waals surface area contributed by atoms with E-state index in [1.807, 2.05) is 31.2 Å². The van der Waals surface area contributed by atoms with Gasteiger partial charge in [0.15, 0.2) is 5.75 Å². The van der Waals surface area contributed by atoms with Gasteiger partial charge in [-0.15, -0.1) is 0 Å². The van der Waals surface area contributed by atoms with Gasteiger partial charge in [-0.3, -0.25) is 14.9 Å². The molecule has 1 unspecified atom stereocenters. The Bertz CT molecular complexity index is 820. The fraction of sp³-hybridized carbons (Fsp3) is 0.316. The number of nitro groups is 1. The molecule has 7 nitrogen and oxygen atoms in total. The lowest BCUT2D eigenvalue weighted by atomic mass is 10.1. The summed E-state index contributed by atoms with van der Waals surface area (Å²) in [4.78, 5) is 25.3. The van der Waals surface area contributed by atoms with Crippen LogP contribution < -0.4 is 10.1 Å². The first-order chi connectivity index (χ1) is 12.5. The highest BCUT2D eigenvalue weighted by Crippen LogP contribution is 2.35. The zero-order chi connectivity index (χ0) is 18.7. The van der Waals surface area contributed by atoms with Crippen LogP contribution in [0.3, 0.4) is 0 Å². The number of aryl methyl sites for hydroxylation is 1. The number of likely N-dealkylation sites (tertiary alicyclic amines) is 1. The second-order valence-electron chi connectivity index (χ2n) is 6.34. The third-order valence-corrected chi connectivity index (χ3v) is 4.52. The van der Waals surface area contributed by atoms with Gasteiger partial charge in [0.05, 0.1) is 12.0 Å². The molecule has 0 spiro atoms. The number of amides is 1. The summed E-state index contributed by atoms with van der Waals surface area (Å²) in [5, 5.41) is 14.4. The first-order valence-corrected chi connectivity index (χ1v) is 8.42. The maximum atomic E-state index is 12.7. The molecule has 0 aliphatic carbocycles. The summed E-state index contributed by atoms with van der Waals surface area (Å²) in [6, 6.07) is 12.4. The molecule has 1 fully saturated rings. The molecule has 0 saturated carbocycles. The van der Waals surface area contributed by atoms with Crippen LogP contribution in [0.5, 0.6) is 5.75 Å². The van der Waals surface area contributed by atoms with Crippen molar-refractivity contribution in [2.45, 2.75) is 25.9 Å². The summed E-state index contributed by atoms with van der Waals surface area (Å²) in [5.41, 5.74) is 2.38. The summed E-state index contributed by atoms with van der Waals surface area (Å²) < 4.78 is 5.07. The van der Waals surface area contributed by atoms with Gasteiger partial charge in [0.1, 0.15) is 11.7 Å². The Labute approximate surface area is 151 Å². The van der Waals surface area contributed by atoms with E-state index < -0.39 is 11.0 Å². The average Bonchev–Trinajstić information content (AvgIpc) is 2.96. The summed E-state index contributed by atoms with van der Waals surface area (Å²) in [6.45, 7) is 3.17. The van der Waals surface area contributed by atoms with Gasteiger partial charge < -0.3 is 15.0 Å². The zero-order valence-corrected chi connectivity index (χ0v) is 14.8. The van der Waals surface area contributed by atoms with E-state index in [1.54, 1.807) is 17.0 Å². The monoisotopic (exact) mass is 355 g/mol. The van der Waals surface area contributed by atoms with Crippen LogP contribution >= 0.6 is 0 Å². The molecular formula is C19H21N3O4. The number of ether oxygens (including phenoxy) is 1. The van der Waals surface area contributed by atoms with Crippen molar-refractivity contribution < 1.29 is 14.5 Å². The Morgan fingerprint density at radius 1 is 1.27 bits per heavy atom. The fourth-order valence-electron chi connectivity index (χ4n) is 3.12. The number of hydrogen-bond donors (Lipinski definition) is 1. The van der Waals surface area contributed by atoms with Gasteiger partial charge in [0, 0.05) is 13.1 Å². The Kier molecular flexibility index (Phi) is 5.06. The van der Waals surface area contributed by atoms with Crippen LogP contribution in [0.4, 0.5) is 11.4 Å². The van der Waals surface area contributed by atoms with E-state index in [4.69, 9.17) is 4.74 Å². The lowest BCUT2D eigenvalue weighted by Crippen LogP contribution is -2.33. The molecule has 136 valence electrons. The van der Waals surface area contributed by atoms with Crippen molar-refractivity contribution in [3.8, 4) is 5.75 Å². The minimum Gasteiger partial charge on any atom is -0.490 e. The largest absolute Gasteiger partial charge is 0.490 e. The Balaban J connectivity index is 1.73. The minimum atomic E-state index is -0.495. The molecule has 1 aliphatic heterocycles. The number of carbonyl (C=O) groups excluding carboxylic acids is 1. The highest BCUT2D eigenvalue weighted by atomic mass is 16.6. The molecule has 1 atom stereocenters. The van der Waals surface area contributed by atoms with Gasteiger partial charge in [0.2, 0.25) is 5.91 Å². The minimum absolute atomic E-state index is 0.0531. The Morgan fingerprint density at radius 2 is 2.00 bits per heavy atom. The van der Waals surface area contributed by atoms with Crippen molar-refractivity contribution >= 4 is 17.3 Å². The van der Waals surface area contributed by atoms with Crippen molar-refractivity contribution in [2.24, 2.45) is 0 Å². The number of anilines is 1. The second-order valence-corrected chi connectivity index (χ2v) is 6.34. The number of hydrogen-bond acceptors (Lipinski definition) is 5.